The molecule has 0 aromatic rings. The van der Waals surface area contributed by atoms with E-state index < -0.39 is 72.6 Å². The molecule has 158 valence electrons. The molecule has 0 aliphatic carbocycles. The quantitative estimate of drug-likeness (QED) is 0.177. The average Bonchev–Trinajstić information content (AvgIpc) is 2.56. The first-order chi connectivity index (χ1) is 12.8. The minimum atomic E-state index is -1.51. The molecular weight excluding hydrogens is 380 g/mol. The van der Waals surface area contributed by atoms with Gasteiger partial charge in [0, 0.05) is 6.42 Å². The van der Waals surface area contributed by atoms with Crippen LogP contribution < -0.4 is 21.7 Å². The molecule has 3 amide bonds. The summed E-state index contributed by atoms with van der Waals surface area (Å²) in [4.78, 5) is 68.3. The minimum Gasteiger partial charge on any atom is -0.481 e. The summed E-state index contributed by atoms with van der Waals surface area (Å²) in [5, 5.41) is 32.8. The first kappa shape index (κ1) is 24.8. The largest absolute Gasteiger partial charge is 0.481 e. The van der Waals surface area contributed by atoms with Crippen LogP contribution in [0.2, 0.25) is 0 Å². The number of amides is 3. The summed E-state index contributed by atoms with van der Waals surface area (Å²) in [6.45, 7) is 2.53. The summed E-state index contributed by atoms with van der Waals surface area (Å²) >= 11 is 0. The number of aliphatic carboxylic acids is 3. The average molecular weight is 404 g/mol. The van der Waals surface area contributed by atoms with E-state index in [1.165, 1.54) is 13.8 Å². The van der Waals surface area contributed by atoms with Gasteiger partial charge in [-0.05, 0) is 20.3 Å². The minimum absolute atomic E-state index is 0.372. The number of carboxylic acids is 3. The van der Waals surface area contributed by atoms with Gasteiger partial charge in [0.05, 0.1) is 12.5 Å². The molecule has 4 atom stereocenters. The third kappa shape index (κ3) is 9.47. The Morgan fingerprint density at radius 1 is 0.786 bits per heavy atom. The topological polar surface area (TPSA) is 225 Å². The molecule has 0 rings (SSSR count). The fourth-order valence-electron chi connectivity index (χ4n) is 1.89. The van der Waals surface area contributed by atoms with Crippen molar-refractivity contribution in [1.82, 2.24) is 16.0 Å². The Bertz CT molecular complexity index is 635. The van der Waals surface area contributed by atoms with Crippen LogP contribution in [0, 0.1) is 0 Å². The van der Waals surface area contributed by atoms with Crippen LogP contribution in [-0.2, 0) is 28.8 Å². The van der Waals surface area contributed by atoms with E-state index in [9.17, 15) is 28.8 Å². The van der Waals surface area contributed by atoms with Crippen molar-refractivity contribution in [1.29, 1.82) is 0 Å². The van der Waals surface area contributed by atoms with Gasteiger partial charge in [-0.2, -0.15) is 0 Å². The highest BCUT2D eigenvalue weighted by molar-refractivity contribution is 5.95. The lowest BCUT2D eigenvalue weighted by Crippen LogP contribution is -2.56. The number of carbonyl (C=O) groups is 6. The molecule has 0 aromatic heterocycles. The Labute approximate surface area is 159 Å². The number of hydrogen-bond donors (Lipinski definition) is 7. The third-order valence-corrected chi connectivity index (χ3v) is 3.44. The van der Waals surface area contributed by atoms with Crippen molar-refractivity contribution >= 4 is 35.6 Å². The number of nitrogens with two attached hydrogens (primary N) is 1. The molecule has 0 heterocycles. The zero-order valence-electron chi connectivity index (χ0n) is 15.3. The molecule has 0 spiro atoms. The molecule has 0 aromatic carbocycles. The van der Waals surface area contributed by atoms with E-state index in [4.69, 9.17) is 21.1 Å². The molecule has 0 unspecified atom stereocenters. The SMILES string of the molecule is C[C@H](N)C(=O)N[C@@H](CC(=O)O)C(=O)N[C@@H](C)C(=O)N[C@@H](CCC(=O)O)C(=O)O. The fourth-order valence-corrected chi connectivity index (χ4v) is 1.89. The van der Waals surface area contributed by atoms with Gasteiger partial charge in [0.2, 0.25) is 17.7 Å². The third-order valence-electron chi connectivity index (χ3n) is 3.44. The molecule has 0 aliphatic rings. The number of carbonyl (C=O) groups excluding carboxylic acids is 3. The van der Waals surface area contributed by atoms with Crippen molar-refractivity contribution < 1.29 is 44.1 Å². The molecule has 0 aliphatic heterocycles. The lowest BCUT2D eigenvalue weighted by molar-refractivity contribution is -0.144. The number of rotatable bonds is 12. The predicted octanol–water partition coefficient (Wildman–Crippen LogP) is -2.77. The first-order valence-electron chi connectivity index (χ1n) is 8.18. The molecule has 13 heteroatoms. The summed E-state index contributed by atoms with van der Waals surface area (Å²) in [6.07, 6.45) is -1.64. The fraction of sp³-hybridized carbons (Fsp3) is 0.600. The van der Waals surface area contributed by atoms with Crippen LogP contribution in [0.5, 0.6) is 0 Å². The van der Waals surface area contributed by atoms with E-state index in [1.807, 2.05) is 0 Å². The smallest absolute Gasteiger partial charge is 0.326 e. The van der Waals surface area contributed by atoms with E-state index in [1.54, 1.807) is 0 Å². The van der Waals surface area contributed by atoms with Crippen molar-refractivity contribution in [2.75, 3.05) is 0 Å². The van der Waals surface area contributed by atoms with Crippen molar-refractivity contribution in [3.05, 3.63) is 0 Å². The van der Waals surface area contributed by atoms with Crippen LogP contribution in [0.1, 0.15) is 33.1 Å². The molecule has 0 fully saturated rings. The molecule has 13 nitrogen and oxygen atoms in total. The molecule has 0 saturated heterocycles. The second-order valence-corrected chi connectivity index (χ2v) is 6.01. The van der Waals surface area contributed by atoms with Crippen LogP contribution in [0.3, 0.4) is 0 Å². The molecule has 0 saturated carbocycles. The summed E-state index contributed by atoms with van der Waals surface area (Å²) in [6, 6.07) is -5.29. The van der Waals surface area contributed by atoms with E-state index in [2.05, 4.69) is 16.0 Å². The highest BCUT2D eigenvalue weighted by atomic mass is 16.4. The molecular formula is C15H24N4O9. The number of carboxylic acid groups (broad SMARTS) is 3. The monoisotopic (exact) mass is 404 g/mol. The van der Waals surface area contributed by atoms with Gasteiger partial charge in [0.1, 0.15) is 18.1 Å². The van der Waals surface area contributed by atoms with E-state index in [-0.39, 0.29) is 6.42 Å². The van der Waals surface area contributed by atoms with Crippen LogP contribution in [-0.4, -0.2) is 75.1 Å². The van der Waals surface area contributed by atoms with Gasteiger partial charge < -0.3 is 37.0 Å². The van der Waals surface area contributed by atoms with Crippen molar-refractivity contribution in [3.8, 4) is 0 Å². The van der Waals surface area contributed by atoms with Crippen molar-refractivity contribution in [2.24, 2.45) is 5.73 Å². The number of nitrogens with one attached hydrogen (secondary N) is 3. The van der Waals surface area contributed by atoms with Crippen LogP contribution in [0.4, 0.5) is 0 Å². The van der Waals surface area contributed by atoms with Gasteiger partial charge in [-0.1, -0.05) is 0 Å². The molecule has 0 bridgehead atoms. The molecule has 28 heavy (non-hydrogen) atoms. The van der Waals surface area contributed by atoms with Crippen LogP contribution in [0.15, 0.2) is 0 Å². The normalized spacial score (nSPS) is 14.7. The van der Waals surface area contributed by atoms with Gasteiger partial charge >= 0.3 is 17.9 Å². The second kappa shape index (κ2) is 11.5. The Kier molecular flexibility index (Phi) is 10.2. The molecule has 0 radical (unpaired) electrons. The maximum Gasteiger partial charge on any atom is 0.326 e. The Morgan fingerprint density at radius 2 is 1.32 bits per heavy atom. The predicted molar refractivity (Wildman–Crippen MR) is 91.9 cm³/mol. The lowest BCUT2D eigenvalue weighted by atomic mass is 10.1. The van der Waals surface area contributed by atoms with Crippen molar-refractivity contribution in [3.63, 3.8) is 0 Å². The standard InChI is InChI=1S/C15H24N4O9/c1-6(16)12(24)19-9(5-11(22)23)14(26)17-7(2)13(25)18-8(15(27)28)3-4-10(20)21/h6-9H,3-5,16H2,1-2H3,(H,17,26)(H,18,25)(H,19,24)(H,20,21)(H,22,23)(H,27,28)/t6-,7-,8-,9-/m0/s1. The van der Waals surface area contributed by atoms with Gasteiger partial charge in [-0.25, -0.2) is 4.79 Å². The Balaban J connectivity index is 4.98. The molecule has 8 N–H and O–H groups in total. The van der Waals surface area contributed by atoms with Crippen molar-refractivity contribution in [2.45, 2.75) is 57.3 Å². The van der Waals surface area contributed by atoms with Gasteiger partial charge in [-0.15, -0.1) is 0 Å². The highest BCUT2D eigenvalue weighted by Crippen LogP contribution is 2.00. The summed E-state index contributed by atoms with van der Waals surface area (Å²) in [5.41, 5.74) is 5.34. The van der Waals surface area contributed by atoms with Gasteiger partial charge in [-0.3, -0.25) is 24.0 Å². The van der Waals surface area contributed by atoms with E-state index in [0.717, 1.165) is 0 Å². The summed E-state index contributed by atoms with van der Waals surface area (Å²) in [7, 11) is 0. The Morgan fingerprint density at radius 3 is 1.75 bits per heavy atom. The summed E-state index contributed by atoms with van der Waals surface area (Å²) < 4.78 is 0. The first-order valence-corrected chi connectivity index (χ1v) is 8.18. The zero-order valence-corrected chi connectivity index (χ0v) is 15.3. The van der Waals surface area contributed by atoms with Crippen LogP contribution in [0.25, 0.3) is 0 Å². The van der Waals surface area contributed by atoms with Crippen LogP contribution >= 0.6 is 0 Å². The second-order valence-electron chi connectivity index (χ2n) is 6.01. The maximum absolute atomic E-state index is 12.2. The lowest BCUT2D eigenvalue weighted by Gasteiger charge is -2.22. The van der Waals surface area contributed by atoms with Gasteiger partial charge in [0.25, 0.3) is 0 Å². The number of hydrogen-bond acceptors (Lipinski definition) is 7. The van der Waals surface area contributed by atoms with Gasteiger partial charge in [0.15, 0.2) is 0 Å². The summed E-state index contributed by atoms with van der Waals surface area (Å²) in [5.74, 6) is -6.79. The maximum atomic E-state index is 12.2. The van der Waals surface area contributed by atoms with E-state index in [0.29, 0.717) is 0 Å². The Hall–Kier alpha value is -3.22. The zero-order chi connectivity index (χ0) is 22.0. The van der Waals surface area contributed by atoms with E-state index >= 15 is 0 Å². The highest BCUT2D eigenvalue weighted by Gasteiger charge is 2.29.